The fraction of sp³-hybridized carbons (Fsp3) is 0.261. The summed E-state index contributed by atoms with van der Waals surface area (Å²) in [6, 6.07) is 17.0. The molecular weight excluding hydrogens is 392 g/mol. The summed E-state index contributed by atoms with van der Waals surface area (Å²) in [6.45, 7) is 4.76. The summed E-state index contributed by atoms with van der Waals surface area (Å²) < 4.78 is 3.06. The minimum Gasteiger partial charge on any atom is -0.354 e. The van der Waals surface area contributed by atoms with Gasteiger partial charge in [-0.15, -0.1) is 0 Å². The second-order valence-corrected chi connectivity index (χ2v) is 7.36. The summed E-state index contributed by atoms with van der Waals surface area (Å²) in [5.41, 5.74) is 1.30. The number of fused-ring (bicyclic) bond motifs is 1. The van der Waals surface area contributed by atoms with Crippen molar-refractivity contribution in [3.63, 3.8) is 0 Å². The molecule has 0 fully saturated rings. The van der Waals surface area contributed by atoms with Crippen LogP contribution in [-0.2, 0) is 17.9 Å². The van der Waals surface area contributed by atoms with Crippen molar-refractivity contribution in [1.82, 2.24) is 29.9 Å². The zero-order valence-corrected chi connectivity index (χ0v) is 17.6. The zero-order chi connectivity index (χ0) is 21.8. The average Bonchev–Trinajstić information content (AvgIpc) is 3.10. The average molecular weight is 416 g/mol. The summed E-state index contributed by atoms with van der Waals surface area (Å²) in [7, 11) is 0. The monoisotopic (exact) mass is 416 g/mol. The van der Waals surface area contributed by atoms with E-state index in [4.69, 9.17) is 0 Å². The highest BCUT2D eigenvalue weighted by molar-refractivity contribution is 5.93. The van der Waals surface area contributed by atoms with E-state index in [0.717, 1.165) is 22.6 Å². The van der Waals surface area contributed by atoms with Crippen LogP contribution in [0.15, 0.2) is 59.4 Å². The van der Waals surface area contributed by atoms with Gasteiger partial charge in [0.15, 0.2) is 0 Å². The Hall–Kier alpha value is -3.81. The molecule has 2 aromatic heterocycles. The number of hydrogen-bond acceptors (Lipinski definition) is 5. The van der Waals surface area contributed by atoms with Gasteiger partial charge in [0.1, 0.15) is 18.2 Å². The third-order valence-electron chi connectivity index (χ3n) is 5.04. The molecule has 0 radical (unpaired) electrons. The van der Waals surface area contributed by atoms with E-state index in [-0.39, 0.29) is 18.0 Å². The predicted octanol–water partition coefficient (Wildman–Crippen LogP) is 2.48. The Labute approximate surface area is 179 Å². The maximum atomic E-state index is 12.9. The van der Waals surface area contributed by atoms with E-state index in [2.05, 4.69) is 20.5 Å². The van der Waals surface area contributed by atoms with Crippen molar-refractivity contribution < 1.29 is 4.79 Å². The number of nitrogens with one attached hydrogen (secondary N) is 1. The van der Waals surface area contributed by atoms with E-state index >= 15 is 0 Å². The first-order valence-corrected chi connectivity index (χ1v) is 10.2. The van der Waals surface area contributed by atoms with Gasteiger partial charge >= 0.3 is 0 Å². The highest BCUT2D eigenvalue weighted by Gasteiger charge is 2.14. The van der Waals surface area contributed by atoms with Crippen molar-refractivity contribution in [3.05, 3.63) is 76.6 Å². The molecule has 0 saturated heterocycles. The highest BCUT2D eigenvalue weighted by atomic mass is 16.2. The topological polar surface area (TPSA) is 94.7 Å². The first kappa shape index (κ1) is 20.5. The Morgan fingerprint density at radius 1 is 0.935 bits per heavy atom. The first-order chi connectivity index (χ1) is 15.0. The maximum absolute atomic E-state index is 12.9. The summed E-state index contributed by atoms with van der Waals surface area (Å²) in [5, 5.41) is 13.0. The molecule has 4 aromatic rings. The van der Waals surface area contributed by atoms with Crippen LogP contribution in [0.4, 0.5) is 0 Å². The lowest BCUT2D eigenvalue weighted by Gasteiger charge is -2.11. The smallest absolute Gasteiger partial charge is 0.275 e. The normalized spacial score (nSPS) is 11.0. The van der Waals surface area contributed by atoms with Crippen molar-refractivity contribution in [3.8, 4) is 11.3 Å². The third-order valence-corrected chi connectivity index (χ3v) is 5.04. The largest absolute Gasteiger partial charge is 0.354 e. The van der Waals surface area contributed by atoms with Gasteiger partial charge in [0.25, 0.3) is 5.56 Å². The summed E-state index contributed by atoms with van der Waals surface area (Å²) in [5.74, 6) is 1.33. The number of carbonyl (C=O) groups excluding carboxylic acids is 1. The maximum Gasteiger partial charge on any atom is 0.275 e. The zero-order valence-electron chi connectivity index (χ0n) is 17.6. The Morgan fingerprint density at radius 3 is 2.35 bits per heavy atom. The molecule has 8 heteroatoms. The number of nitrogens with zero attached hydrogens (tertiary/aromatic N) is 5. The molecule has 0 aliphatic heterocycles. The standard InChI is InChI=1S/C23H24N6O2/c1-16-25-17(2)28(26-16)14-8-13-24-21(30)15-29-23(31)20-12-7-6-11-19(20)22(27-29)18-9-4-3-5-10-18/h3-7,9-12H,8,13-15H2,1-2H3,(H,24,30). The fourth-order valence-electron chi connectivity index (χ4n) is 3.57. The molecule has 0 bridgehead atoms. The van der Waals surface area contributed by atoms with E-state index < -0.39 is 0 Å². The van der Waals surface area contributed by atoms with Crippen molar-refractivity contribution in [1.29, 1.82) is 0 Å². The summed E-state index contributed by atoms with van der Waals surface area (Å²) in [4.78, 5) is 29.7. The second-order valence-electron chi connectivity index (χ2n) is 7.36. The second kappa shape index (κ2) is 8.91. The van der Waals surface area contributed by atoms with E-state index in [0.29, 0.717) is 30.6 Å². The van der Waals surface area contributed by atoms with Crippen LogP contribution in [0, 0.1) is 13.8 Å². The third kappa shape index (κ3) is 4.53. The Morgan fingerprint density at radius 2 is 1.65 bits per heavy atom. The molecule has 0 aliphatic rings. The van der Waals surface area contributed by atoms with E-state index in [9.17, 15) is 9.59 Å². The van der Waals surface area contributed by atoms with Crippen LogP contribution in [0.3, 0.4) is 0 Å². The van der Waals surface area contributed by atoms with Crippen molar-refractivity contribution >= 4 is 16.7 Å². The van der Waals surface area contributed by atoms with Gasteiger partial charge in [-0.05, 0) is 26.3 Å². The minimum atomic E-state index is -0.279. The van der Waals surface area contributed by atoms with Crippen LogP contribution < -0.4 is 10.9 Å². The Bertz CT molecular complexity index is 1280. The van der Waals surface area contributed by atoms with Crippen LogP contribution in [-0.4, -0.2) is 37.0 Å². The summed E-state index contributed by atoms with van der Waals surface area (Å²) >= 11 is 0. The Balaban J connectivity index is 1.49. The van der Waals surface area contributed by atoms with Gasteiger partial charge in [-0.2, -0.15) is 10.2 Å². The molecule has 1 amide bonds. The molecular formula is C23H24N6O2. The van der Waals surface area contributed by atoms with Gasteiger partial charge in [-0.25, -0.2) is 9.67 Å². The molecule has 1 N–H and O–H groups in total. The number of hydrogen-bond donors (Lipinski definition) is 1. The molecule has 158 valence electrons. The van der Waals surface area contributed by atoms with Gasteiger partial charge in [-0.3, -0.25) is 14.3 Å². The lowest BCUT2D eigenvalue weighted by molar-refractivity contribution is -0.121. The molecule has 4 rings (SSSR count). The van der Waals surface area contributed by atoms with E-state index in [1.165, 1.54) is 4.68 Å². The molecule has 2 heterocycles. The fourth-order valence-corrected chi connectivity index (χ4v) is 3.57. The SMILES string of the molecule is Cc1nc(C)n(CCCNC(=O)Cn2nc(-c3ccccc3)c3ccccc3c2=O)n1. The molecule has 0 atom stereocenters. The first-order valence-electron chi connectivity index (χ1n) is 10.2. The molecule has 2 aromatic carbocycles. The van der Waals surface area contributed by atoms with Crippen LogP contribution in [0.1, 0.15) is 18.1 Å². The van der Waals surface area contributed by atoms with Crippen LogP contribution in [0.25, 0.3) is 22.0 Å². The van der Waals surface area contributed by atoms with Crippen molar-refractivity contribution in [2.24, 2.45) is 0 Å². The van der Waals surface area contributed by atoms with E-state index in [1.54, 1.807) is 6.07 Å². The van der Waals surface area contributed by atoms with Gasteiger partial charge in [-0.1, -0.05) is 48.5 Å². The van der Waals surface area contributed by atoms with Gasteiger partial charge < -0.3 is 5.32 Å². The van der Waals surface area contributed by atoms with Crippen molar-refractivity contribution in [2.45, 2.75) is 33.4 Å². The molecule has 8 nitrogen and oxygen atoms in total. The lowest BCUT2D eigenvalue weighted by Crippen LogP contribution is -2.34. The quantitative estimate of drug-likeness (QED) is 0.467. The molecule has 31 heavy (non-hydrogen) atoms. The van der Waals surface area contributed by atoms with Crippen LogP contribution >= 0.6 is 0 Å². The van der Waals surface area contributed by atoms with Crippen LogP contribution in [0.2, 0.25) is 0 Å². The number of benzene rings is 2. The van der Waals surface area contributed by atoms with Gasteiger partial charge in [0, 0.05) is 24.0 Å². The number of aryl methyl sites for hydroxylation is 3. The lowest BCUT2D eigenvalue weighted by atomic mass is 10.1. The molecule has 0 aliphatic carbocycles. The molecule has 0 saturated carbocycles. The molecule has 0 spiro atoms. The minimum absolute atomic E-state index is 0.134. The van der Waals surface area contributed by atoms with E-state index in [1.807, 2.05) is 67.1 Å². The number of amides is 1. The number of carbonyl (C=O) groups is 1. The predicted molar refractivity (Wildman–Crippen MR) is 119 cm³/mol. The number of rotatable bonds is 7. The molecule has 0 unspecified atom stereocenters. The Kier molecular flexibility index (Phi) is 5.88. The van der Waals surface area contributed by atoms with Gasteiger partial charge in [0.05, 0.1) is 11.1 Å². The van der Waals surface area contributed by atoms with Crippen LogP contribution in [0.5, 0.6) is 0 Å². The highest BCUT2D eigenvalue weighted by Crippen LogP contribution is 2.24. The summed E-state index contributed by atoms with van der Waals surface area (Å²) in [6.07, 6.45) is 0.713. The number of aromatic nitrogens is 5. The van der Waals surface area contributed by atoms with Gasteiger partial charge in [0.2, 0.25) is 5.91 Å². The van der Waals surface area contributed by atoms with Crippen molar-refractivity contribution in [2.75, 3.05) is 6.54 Å².